The van der Waals surface area contributed by atoms with E-state index in [0.29, 0.717) is 19.1 Å². The molecule has 2 N–H and O–H groups in total. The van der Waals surface area contributed by atoms with E-state index in [4.69, 9.17) is 9.26 Å². The molecule has 0 radical (unpaired) electrons. The van der Waals surface area contributed by atoms with E-state index in [2.05, 4.69) is 20.8 Å². The predicted octanol–water partition coefficient (Wildman–Crippen LogP) is 1.90. The van der Waals surface area contributed by atoms with Gasteiger partial charge in [-0.1, -0.05) is 5.16 Å². The zero-order valence-corrected chi connectivity index (χ0v) is 14.4. The van der Waals surface area contributed by atoms with Gasteiger partial charge in [0.1, 0.15) is 12.3 Å². The molecule has 0 unspecified atom stereocenters. The number of guanidine groups is 1. The van der Waals surface area contributed by atoms with Gasteiger partial charge in [-0.15, -0.1) is 24.0 Å². The first-order valence-electron chi connectivity index (χ1n) is 5.91. The van der Waals surface area contributed by atoms with Gasteiger partial charge >= 0.3 is 0 Å². The van der Waals surface area contributed by atoms with E-state index in [0.717, 1.165) is 11.5 Å². The molecule has 0 aromatic carbocycles. The summed E-state index contributed by atoms with van der Waals surface area (Å²) in [6.45, 7) is 7.00. The molecule has 0 amide bonds. The molecule has 0 saturated heterocycles. The third-order valence-electron chi connectivity index (χ3n) is 2.15. The molecule has 1 aromatic rings. The average molecular weight is 382 g/mol. The van der Waals surface area contributed by atoms with Crippen LogP contribution in [0.25, 0.3) is 0 Å². The zero-order chi connectivity index (χ0) is 13.6. The molecule has 0 fully saturated rings. The molecule has 0 aliphatic carbocycles. The number of aliphatic imine (C=N–C) groups is 1. The van der Waals surface area contributed by atoms with Gasteiger partial charge in [0, 0.05) is 20.2 Å². The molecule has 0 aliphatic rings. The molecule has 0 aliphatic heterocycles. The van der Waals surface area contributed by atoms with Gasteiger partial charge in [-0.05, 0) is 20.8 Å². The Kier molecular flexibility index (Phi) is 8.00. The summed E-state index contributed by atoms with van der Waals surface area (Å²) in [5.41, 5.74) is 0.637. The minimum Gasteiger partial charge on any atom is -0.368 e. The molecule has 0 bridgehead atoms. The smallest absolute Gasteiger partial charge is 0.191 e. The Morgan fingerprint density at radius 2 is 2.16 bits per heavy atom. The van der Waals surface area contributed by atoms with E-state index in [1.54, 1.807) is 14.1 Å². The van der Waals surface area contributed by atoms with Crippen LogP contribution in [0.4, 0.5) is 0 Å². The third-order valence-corrected chi connectivity index (χ3v) is 2.15. The van der Waals surface area contributed by atoms with E-state index in [1.165, 1.54) is 0 Å². The predicted molar refractivity (Wildman–Crippen MR) is 85.7 cm³/mol. The summed E-state index contributed by atoms with van der Waals surface area (Å²) in [7, 11) is 3.52. The van der Waals surface area contributed by atoms with Gasteiger partial charge in [0.15, 0.2) is 11.7 Å². The molecular formula is C12H23IN4O2. The monoisotopic (exact) mass is 382 g/mol. The van der Waals surface area contributed by atoms with Gasteiger partial charge in [-0.3, -0.25) is 4.99 Å². The summed E-state index contributed by atoms with van der Waals surface area (Å²) in [6, 6.07) is 1.88. The average Bonchev–Trinajstić information content (AvgIpc) is 2.75. The Balaban J connectivity index is 0.00000324. The van der Waals surface area contributed by atoms with Crippen molar-refractivity contribution in [2.24, 2.45) is 4.99 Å². The number of hydrogen-bond donors (Lipinski definition) is 2. The highest BCUT2D eigenvalue weighted by molar-refractivity contribution is 14.0. The van der Waals surface area contributed by atoms with E-state index in [-0.39, 0.29) is 29.6 Å². The van der Waals surface area contributed by atoms with Crippen LogP contribution < -0.4 is 10.6 Å². The molecule has 6 nitrogen and oxygen atoms in total. The molecule has 0 spiro atoms. The molecule has 7 heteroatoms. The lowest BCUT2D eigenvalue weighted by Gasteiger charge is -2.17. The van der Waals surface area contributed by atoms with Crippen molar-refractivity contribution in [2.45, 2.75) is 39.5 Å². The molecule has 0 saturated carbocycles. The van der Waals surface area contributed by atoms with Gasteiger partial charge in [0.05, 0.1) is 12.1 Å². The molecule has 1 aromatic heterocycles. The fraction of sp³-hybridized carbons (Fsp3) is 0.667. The van der Waals surface area contributed by atoms with Crippen molar-refractivity contribution in [3.63, 3.8) is 0 Å². The third kappa shape index (κ3) is 7.36. The van der Waals surface area contributed by atoms with E-state index < -0.39 is 0 Å². The highest BCUT2D eigenvalue weighted by atomic mass is 127. The van der Waals surface area contributed by atoms with Crippen LogP contribution in [0.2, 0.25) is 0 Å². The van der Waals surface area contributed by atoms with Crippen LogP contribution in [0.5, 0.6) is 0 Å². The number of nitrogens with one attached hydrogen (secondary N) is 2. The zero-order valence-electron chi connectivity index (χ0n) is 12.1. The van der Waals surface area contributed by atoms with Gasteiger partial charge in [-0.25, -0.2) is 0 Å². The lowest BCUT2D eigenvalue weighted by atomic mass is 10.2. The summed E-state index contributed by atoms with van der Waals surface area (Å²) < 4.78 is 10.8. The number of rotatable bonds is 4. The van der Waals surface area contributed by atoms with E-state index >= 15 is 0 Å². The first kappa shape index (κ1) is 18.2. The number of hydrogen-bond acceptors (Lipinski definition) is 4. The van der Waals surface area contributed by atoms with E-state index in [9.17, 15) is 0 Å². The Labute approximate surface area is 131 Å². The minimum atomic E-state index is -0.181. The first-order chi connectivity index (χ1) is 8.44. The van der Waals surface area contributed by atoms with Crippen molar-refractivity contribution in [3.8, 4) is 0 Å². The summed E-state index contributed by atoms with van der Waals surface area (Å²) in [5.74, 6) is 1.44. The van der Waals surface area contributed by atoms with Gasteiger partial charge in [-0.2, -0.15) is 0 Å². The van der Waals surface area contributed by atoms with Crippen LogP contribution in [0.15, 0.2) is 15.6 Å². The molecule has 19 heavy (non-hydrogen) atoms. The Hall–Kier alpha value is -0.830. The fourth-order valence-electron chi connectivity index (χ4n) is 1.25. The lowest BCUT2D eigenvalue weighted by molar-refractivity contribution is -0.0241. The van der Waals surface area contributed by atoms with Crippen LogP contribution in [-0.4, -0.2) is 30.8 Å². The van der Waals surface area contributed by atoms with Crippen molar-refractivity contribution >= 4 is 29.9 Å². The summed E-state index contributed by atoms with van der Waals surface area (Å²) in [6.07, 6.45) is 0. The number of ether oxygens (including phenoxy) is 1. The highest BCUT2D eigenvalue weighted by Crippen LogP contribution is 2.12. The van der Waals surface area contributed by atoms with Crippen LogP contribution in [0.3, 0.4) is 0 Å². The van der Waals surface area contributed by atoms with Crippen LogP contribution in [0, 0.1) is 0 Å². The molecule has 0 atom stereocenters. The topological polar surface area (TPSA) is 71.7 Å². The Morgan fingerprint density at radius 3 is 2.68 bits per heavy atom. The Bertz CT molecular complexity index is 399. The maximum absolute atomic E-state index is 5.61. The Morgan fingerprint density at radius 1 is 1.47 bits per heavy atom. The molecular weight excluding hydrogens is 359 g/mol. The standard InChI is InChI=1S/C12H22N4O2.HI/c1-12(2,3)17-8-10-6-9(16-18-10)7-15-11(13-4)14-5;/h6H,7-8H2,1-5H3,(H2,13,14,15);1H. The second-order valence-electron chi connectivity index (χ2n) is 4.86. The summed E-state index contributed by atoms with van der Waals surface area (Å²) in [5, 5.41) is 9.98. The number of nitrogens with zero attached hydrogens (tertiary/aromatic N) is 2. The molecule has 110 valence electrons. The van der Waals surface area contributed by atoms with Gasteiger partial charge < -0.3 is 19.9 Å². The van der Waals surface area contributed by atoms with Crippen molar-refractivity contribution in [3.05, 3.63) is 17.5 Å². The van der Waals surface area contributed by atoms with E-state index in [1.807, 2.05) is 26.8 Å². The van der Waals surface area contributed by atoms with Crippen molar-refractivity contribution in [1.82, 2.24) is 15.8 Å². The molecule has 1 heterocycles. The lowest BCUT2D eigenvalue weighted by Crippen LogP contribution is -2.34. The first-order valence-corrected chi connectivity index (χ1v) is 5.91. The summed E-state index contributed by atoms with van der Waals surface area (Å²) >= 11 is 0. The minimum absolute atomic E-state index is 0. The van der Waals surface area contributed by atoms with Crippen molar-refractivity contribution in [1.29, 1.82) is 0 Å². The SMILES string of the molecule is CN=C(NC)NCc1cc(COC(C)(C)C)on1.I. The van der Waals surface area contributed by atoms with Crippen molar-refractivity contribution in [2.75, 3.05) is 14.1 Å². The molecule has 1 rings (SSSR count). The number of aromatic nitrogens is 1. The largest absolute Gasteiger partial charge is 0.368 e. The van der Waals surface area contributed by atoms with Crippen LogP contribution in [-0.2, 0) is 17.9 Å². The highest BCUT2D eigenvalue weighted by Gasteiger charge is 2.12. The van der Waals surface area contributed by atoms with Gasteiger partial charge in [0.25, 0.3) is 0 Å². The van der Waals surface area contributed by atoms with Gasteiger partial charge in [0.2, 0.25) is 0 Å². The maximum Gasteiger partial charge on any atom is 0.191 e. The van der Waals surface area contributed by atoms with Crippen LogP contribution in [0.1, 0.15) is 32.2 Å². The number of halogens is 1. The second kappa shape index (κ2) is 8.36. The second-order valence-corrected chi connectivity index (χ2v) is 4.86. The quantitative estimate of drug-likeness (QED) is 0.473. The van der Waals surface area contributed by atoms with Crippen molar-refractivity contribution < 1.29 is 9.26 Å². The fourth-order valence-corrected chi connectivity index (χ4v) is 1.25. The summed E-state index contributed by atoms with van der Waals surface area (Å²) in [4.78, 5) is 4.01. The van der Waals surface area contributed by atoms with Crippen LogP contribution >= 0.6 is 24.0 Å². The normalized spacial score (nSPS) is 11.9. The maximum atomic E-state index is 5.61.